The number of piperidine rings is 1. The molecule has 2 aromatic rings. The molecule has 0 amide bonds. The SMILES string of the molecule is CC1OC(OC2CCC3(C)C(CCC4(C)C3CC=C3C5CC(C)(C)CCC5(C(=O)OC5OCC(O)C(O)C5OC5OC(C)C(OC6OC(CO)C(O)C(O)C6O)C(O)C5O)C(O)CC34C)C2(C)C)C(O)C(O)C1OC1OCC(O)C(O)C1O.CN1CCC(=C2c3ccccc3Sc3ccccc32)CC1.O=C(O)C=CC(=O)O. The Balaban J connectivity index is 0.000000331. The van der Waals surface area contributed by atoms with Gasteiger partial charge in [-0.1, -0.05) is 114 Å². The summed E-state index contributed by atoms with van der Waals surface area (Å²) in [5.74, 6) is -3.52. The van der Waals surface area contributed by atoms with Gasteiger partial charge >= 0.3 is 17.9 Å². The van der Waals surface area contributed by atoms with E-state index >= 15 is 4.79 Å². The Morgan fingerprint density at radius 1 is 0.562 bits per heavy atom. The summed E-state index contributed by atoms with van der Waals surface area (Å²) in [6.07, 6.45) is -25.7. The summed E-state index contributed by atoms with van der Waals surface area (Å²) in [7, 11) is 2.22. The molecule has 12 aliphatic rings. The fourth-order valence-corrected chi connectivity index (χ4v) is 22.0. The number of carboxylic acids is 2. The van der Waals surface area contributed by atoms with Crippen molar-refractivity contribution >= 4 is 35.2 Å². The van der Waals surface area contributed by atoms with Gasteiger partial charge in [0.1, 0.15) is 97.0 Å². The summed E-state index contributed by atoms with van der Waals surface area (Å²) in [6.45, 7) is 19.5. The molecule has 32 atom stereocenters. The molecule has 2 aromatic carbocycles. The van der Waals surface area contributed by atoms with Crippen molar-refractivity contribution in [3.63, 3.8) is 0 Å². The number of aliphatic hydroxyl groups excluding tert-OH is 14. The first-order valence-electron chi connectivity index (χ1n) is 39.3. The summed E-state index contributed by atoms with van der Waals surface area (Å²) in [4.78, 5) is 39.7. The number of carboxylic acid groups (broad SMARTS) is 2. The van der Waals surface area contributed by atoms with Crippen molar-refractivity contribution in [2.45, 2.75) is 296 Å². The van der Waals surface area contributed by atoms with Crippen molar-refractivity contribution in [3.05, 3.63) is 89.0 Å². The molecular weight excluding hydrogens is 1480 g/mol. The maximum atomic E-state index is 15.4. The zero-order valence-corrected chi connectivity index (χ0v) is 66.0. The first-order valence-corrected chi connectivity index (χ1v) is 40.1. The van der Waals surface area contributed by atoms with Crippen LogP contribution in [-0.4, -0.2) is 298 Å². The van der Waals surface area contributed by atoms with Gasteiger partial charge in [-0.05, 0) is 165 Å². The molecule has 14 rings (SSSR count). The lowest BCUT2D eigenvalue weighted by Gasteiger charge is -2.71. The first-order chi connectivity index (χ1) is 52.7. The Morgan fingerprint density at radius 3 is 1.66 bits per heavy atom. The third kappa shape index (κ3) is 16.3. The fourth-order valence-electron chi connectivity index (χ4n) is 20.9. The highest BCUT2D eigenvalue weighted by molar-refractivity contribution is 7.99. The number of rotatable bonds is 13. The lowest BCUT2D eigenvalue weighted by Crippen LogP contribution is -2.68. The number of benzene rings is 2. The second-order valence-corrected chi connectivity index (χ2v) is 36.2. The molecule has 10 fully saturated rings. The molecule has 112 heavy (non-hydrogen) atoms. The van der Waals surface area contributed by atoms with Gasteiger partial charge in [0.25, 0.3) is 0 Å². The quantitative estimate of drug-likeness (QED) is 0.0506. The predicted octanol–water partition coefficient (Wildman–Crippen LogP) is 2.48. The van der Waals surface area contributed by atoms with Gasteiger partial charge in [-0.25, -0.2) is 9.59 Å². The van der Waals surface area contributed by atoms with Crippen LogP contribution in [0, 0.1) is 50.2 Å². The Labute approximate surface area is 656 Å². The van der Waals surface area contributed by atoms with E-state index in [1.807, 2.05) is 11.8 Å². The molecule has 0 aromatic heterocycles. The lowest BCUT2D eigenvalue weighted by molar-refractivity contribution is -0.374. The number of ether oxygens (including phenoxy) is 10. The zero-order chi connectivity index (χ0) is 81.4. The monoisotopic (exact) mass is 1600 g/mol. The minimum absolute atomic E-state index is 0.129. The number of nitrogens with zero attached hydrogens (tertiary/aromatic N) is 1. The average molecular weight is 1600 g/mol. The third-order valence-electron chi connectivity index (χ3n) is 27.5. The van der Waals surface area contributed by atoms with Gasteiger partial charge in [-0.2, -0.15) is 0 Å². The van der Waals surface area contributed by atoms with E-state index < -0.39 is 207 Å². The zero-order valence-electron chi connectivity index (χ0n) is 65.1. The molecule has 0 spiro atoms. The van der Waals surface area contributed by atoms with Gasteiger partial charge in [0.05, 0.1) is 44.2 Å². The molecule has 31 heteroatoms. The van der Waals surface area contributed by atoms with Crippen LogP contribution in [0.3, 0.4) is 0 Å². The molecule has 626 valence electrons. The Bertz CT molecular complexity index is 3670. The number of aliphatic hydroxyl groups is 14. The highest BCUT2D eigenvalue weighted by Crippen LogP contribution is 2.76. The van der Waals surface area contributed by atoms with Crippen LogP contribution in [0.2, 0.25) is 0 Å². The van der Waals surface area contributed by atoms with E-state index in [0.717, 1.165) is 24.8 Å². The predicted molar refractivity (Wildman–Crippen MR) is 396 cm³/mol. The summed E-state index contributed by atoms with van der Waals surface area (Å²) in [6, 6.07) is 17.7. The molecule has 4 saturated carbocycles. The van der Waals surface area contributed by atoms with E-state index in [-0.39, 0.29) is 47.5 Å². The van der Waals surface area contributed by atoms with Crippen molar-refractivity contribution in [1.29, 1.82) is 0 Å². The number of likely N-dealkylation sites (tertiary alicyclic amines) is 1. The normalized spacial score (nSPS) is 45.0. The van der Waals surface area contributed by atoms with Crippen LogP contribution in [0.1, 0.15) is 144 Å². The van der Waals surface area contributed by atoms with Gasteiger partial charge in [0, 0.05) is 35.0 Å². The number of carbonyl (C=O) groups excluding carboxylic acids is 1. The second kappa shape index (κ2) is 34.1. The van der Waals surface area contributed by atoms with Crippen LogP contribution >= 0.6 is 11.8 Å². The van der Waals surface area contributed by atoms with Gasteiger partial charge in [-0.3, -0.25) is 4.79 Å². The van der Waals surface area contributed by atoms with E-state index in [0.29, 0.717) is 37.8 Å². The van der Waals surface area contributed by atoms with Crippen molar-refractivity contribution in [3.8, 4) is 0 Å². The van der Waals surface area contributed by atoms with Gasteiger partial charge < -0.3 is 134 Å². The van der Waals surface area contributed by atoms with Crippen LogP contribution in [-0.2, 0) is 61.8 Å². The van der Waals surface area contributed by atoms with E-state index in [2.05, 4.69) is 115 Å². The van der Waals surface area contributed by atoms with E-state index in [1.165, 1.54) is 59.3 Å². The van der Waals surface area contributed by atoms with E-state index in [4.69, 9.17) is 57.6 Å². The number of hydrogen-bond donors (Lipinski definition) is 16. The number of aliphatic carboxylic acids is 2. The number of esters is 1. The average Bonchev–Trinajstić information content (AvgIpc) is 0.670. The van der Waals surface area contributed by atoms with Crippen LogP contribution in [0.25, 0.3) is 5.57 Å². The Hall–Kier alpha value is -4.54. The number of allylic oxidation sites excluding steroid dienone is 2. The van der Waals surface area contributed by atoms with Crippen molar-refractivity contribution in [2.24, 2.45) is 50.2 Å². The highest BCUT2D eigenvalue weighted by atomic mass is 32.2. The van der Waals surface area contributed by atoms with Gasteiger partial charge in [0.2, 0.25) is 6.29 Å². The summed E-state index contributed by atoms with van der Waals surface area (Å²) in [5.41, 5.74) is 3.73. The van der Waals surface area contributed by atoms with E-state index in [9.17, 15) is 81.1 Å². The van der Waals surface area contributed by atoms with Crippen molar-refractivity contribution in [1.82, 2.24) is 4.90 Å². The lowest BCUT2D eigenvalue weighted by atomic mass is 9.33. The molecule has 7 aliphatic heterocycles. The second-order valence-electron chi connectivity index (χ2n) is 35.1. The molecule has 30 nitrogen and oxygen atoms in total. The number of carbonyl (C=O) groups is 3. The molecule has 0 bridgehead atoms. The molecule has 0 radical (unpaired) electrons. The van der Waals surface area contributed by atoms with E-state index in [1.54, 1.807) is 12.5 Å². The van der Waals surface area contributed by atoms with Crippen LogP contribution in [0.4, 0.5) is 0 Å². The van der Waals surface area contributed by atoms with Gasteiger partial charge in [0.15, 0.2) is 31.3 Å². The maximum Gasteiger partial charge on any atom is 0.328 e. The fraction of sp³-hybridized carbons (Fsp3) is 0.741. The minimum atomic E-state index is -1.93. The van der Waals surface area contributed by atoms with Crippen LogP contribution < -0.4 is 0 Å². The van der Waals surface area contributed by atoms with Gasteiger partial charge in [-0.15, -0.1) is 0 Å². The molecule has 32 unspecified atom stereocenters. The summed E-state index contributed by atoms with van der Waals surface area (Å²) < 4.78 is 59.6. The maximum absolute atomic E-state index is 15.4. The van der Waals surface area contributed by atoms with Crippen LogP contribution in [0.5, 0.6) is 0 Å². The summed E-state index contributed by atoms with van der Waals surface area (Å²) in [5, 5.41) is 168. The third-order valence-corrected chi connectivity index (χ3v) is 28.7. The van der Waals surface area contributed by atoms with Crippen LogP contribution in [0.15, 0.2) is 87.7 Å². The summed E-state index contributed by atoms with van der Waals surface area (Å²) >= 11 is 1.91. The number of hydrogen-bond acceptors (Lipinski definition) is 29. The largest absolute Gasteiger partial charge is 0.478 e. The van der Waals surface area contributed by atoms with Crippen molar-refractivity contribution < 1.29 is 143 Å². The molecule has 6 saturated heterocycles. The molecule has 7 heterocycles. The highest BCUT2D eigenvalue weighted by Gasteiger charge is 2.72. The molecule has 5 aliphatic carbocycles. The Morgan fingerprint density at radius 2 is 1.08 bits per heavy atom. The van der Waals surface area contributed by atoms with Crippen molar-refractivity contribution in [2.75, 3.05) is 40.0 Å². The first kappa shape index (κ1) is 86.8. The molecule has 16 N–H and O–H groups in total. The minimum Gasteiger partial charge on any atom is -0.478 e. The number of fused-ring (bicyclic) bond motifs is 9. The topological polar surface area (TPSA) is 470 Å². The Kier molecular flexibility index (Phi) is 26.4. The molecular formula is C81H117NO29S. The smallest absolute Gasteiger partial charge is 0.328 e. The standard InChI is InChI=1S/C58H94O25.C19H19NS.C4H4O4/c1-23-44(80-47-40(69)34(63)27(60)21-74-47)38(67)42(71)48(76-23)79-33-13-14-55(7)30(54(33,5)6)12-15-56(8)31(55)11-10-25-26-18-53(3,4)16-17-58(26,32(62)19-57(25,56)9)52(73)83-51-46(35(64)28(61)22-75-51)82-49-43(72)39(68)45(24(2)77-49)81-50-41(70)37(66)36(65)29(20-59)78-50;1-20-12-10-14(11-13-20)19-15-6-2-4-8-17(15)21-18-9-5-3-7-16(18)19;5-3(6)1-2-4(7)8/h10,23-24,26-51,59-72H,11-22H2,1-9H3;2-9H,10-13H2,1H3;1-2H,(H,5,6)(H,7,8).